The van der Waals surface area contributed by atoms with E-state index in [4.69, 9.17) is 5.11 Å². The summed E-state index contributed by atoms with van der Waals surface area (Å²) in [5.41, 5.74) is 1.78. The highest BCUT2D eigenvalue weighted by Gasteiger charge is 2.19. The van der Waals surface area contributed by atoms with Gasteiger partial charge in [0.15, 0.2) is 5.78 Å². The Hall–Kier alpha value is -2.49. The first-order chi connectivity index (χ1) is 12.1. The topological polar surface area (TPSA) is 90.2 Å². The number of unbranched alkanes of at least 4 members (excludes halogenated alkanes) is 2. The lowest BCUT2D eigenvalue weighted by atomic mass is 10.0. The zero-order valence-corrected chi connectivity index (χ0v) is 14.9. The fourth-order valence-corrected chi connectivity index (χ4v) is 3.48. The summed E-state index contributed by atoms with van der Waals surface area (Å²) in [5.74, 6) is -0.978. The van der Waals surface area contributed by atoms with Gasteiger partial charge in [0.05, 0.1) is 11.1 Å². The number of nitriles is 1. The average Bonchev–Trinajstić information content (AvgIpc) is 3.02. The van der Waals surface area contributed by atoms with Gasteiger partial charge in [0.1, 0.15) is 17.7 Å². The Morgan fingerprint density at radius 3 is 2.60 bits per heavy atom. The molecule has 5 nitrogen and oxygen atoms in total. The monoisotopic (exact) mass is 356 g/mol. The third-order valence-electron chi connectivity index (χ3n) is 3.87. The number of thiophene rings is 1. The van der Waals surface area contributed by atoms with Crippen LogP contribution < -0.4 is 5.32 Å². The first-order valence-electron chi connectivity index (χ1n) is 8.17. The van der Waals surface area contributed by atoms with Gasteiger partial charge in [-0.3, -0.25) is 9.59 Å². The van der Waals surface area contributed by atoms with Crippen LogP contribution in [0.3, 0.4) is 0 Å². The number of carbonyl (C=O) groups excluding carboxylic acids is 2. The summed E-state index contributed by atoms with van der Waals surface area (Å²) in [5, 5.41) is 23.6. The summed E-state index contributed by atoms with van der Waals surface area (Å²) in [6.45, 7) is 1.46. The van der Waals surface area contributed by atoms with Crippen molar-refractivity contribution < 1.29 is 14.7 Å². The second kappa shape index (κ2) is 9.11. The maximum Gasteiger partial charge on any atom is 0.257 e. The van der Waals surface area contributed by atoms with Crippen molar-refractivity contribution in [3.8, 4) is 6.07 Å². The molecule has 1 aromatic heterocycles. The molecule has 0 aliphatic heterocycles. The lowest BCUT2D eigenvalue weighted by molar-refractivity contribution is 0.0895. The molecule has 25 heavy (non-hydrogen) atoms. The molecule has 2 rings (SSSR count). The molecule has 0 saturated heterocycles. The van der Waals surface area contributed by atoms with Crippen LogP contribution >= 0.6 is 11.3 Å². The number of amides is 1. The minimum Gasteiger partial charge on any atom is -0.388 e. The number of rotatable bonds is 8. The number of Topliss-reactive ketones (excluding diaryl/α,β-unsaturated/α-hetero) is 1. The molecule has 0 bridgehead atoms. The van der Waals surface area contributed by atoms with Crippen LogP contribution in [0.2, 0.25) is 0 Å². The molecule has 0 atom stereocenters. The molecule has 0 aliphatic rings. The van der Waals surface area contributed by atoms with E-state index in [2.05, 4.69) is 18.3 Å². The minimum absolute atomic E-state index is 0.167. The van der Waals surface area contributed by atoms with Gasteiger partial charge in [0.2, 0.25) is 0 Å². The Kier molecular flexibility index (Phi) is 6.87. The van der Waals surface area contributed by atoms with Gasteiger partial charge in [0, 0.05) is 5.56 Å². The van der Waals surface area contributed by atoms with Crippen molar-refractivity contribution in [1.82, 2.24) is 0 Å². The molecule has 0 unspecified atom stereocenters. The first-order valence-corrected chi connectivity index (χ1v) is 9.05. The number of aliphatic hydroxyl groups excluding tert-OH is 1. The van der Waals surface area contributed by atoms with Gasteiger partial charge in [0.25, 0.3) is 5.91 Å². The summed E-state index contributed by atoms with van der Waals surface area (Å²) < 4.78 is 0. The van der Waals surface area contributed by atoms with Crippen molar-refractivity contribution in [3.63, 3.8) is 0 Å². The maximum absolute atomic E-state index is 12.5. The number of hydrogen-bond donors (Lipinski definition) is 2. The molecule has 0 saturated carbocycles. The van der Waals surface area contributed by atoms with Gasteiger partial charge in [-0.05, 0) is 29.9 Å². The van der Waals surface area contributed by atoms with E-state index in [0.717, 1.165) is 31.2 Å². The molecule has 1 aromatic carbocycles. The maximum atomic E-state index is 12.5. The lowest BCUT2D eigenvalue weighted by Gasteiger charge is -2.08. The van der Waals surface area contributed by atoms with Crippen LogP contribution in [-0.2, 0) is 6.42 Å². The molecule has 0 radical (unpaired) electrons. The largest absolute Gasteiger partial charge is 0.388 e. The Bertz CT molecular complexity index is 805. The van der Waals surface area contributed by atoms with E-state index in [-0.39, 0.29) is 11.1 Å². The number of hydrogen-bond acceptors (Lipinski definition) is 5. The van der Waals surface area contributed by atoms with Crippen LogP contribution in [0.15, 0.2) is 29.6 Å². The number of benzene rings is 1. The standard InChI is InChI=1S/C19H20N2O3S/c1-2-3-4-7-13-12-25-19(16(13)10-20)21-18(24)15-9-6-5-8-14(15)17(23)11-22/h5-6,8-9,12,22H,2-4,7,11H2,1H3,(H,21,24). The minimum atomic E-state index is -0.658. The van der Waals surface area contributed by atoms with Gasteiger partial charge in [-0.25, -0.2) is 0 Å². The number of ketones is 1. The van der Waals surface area contributed by atoms with Crippen LogP contribution in [0.4, 0.5) is 5.00 Å². The quantitative estimate of drug-likeness (QED) is 0.556. The van der Waals surface area contributed by atoms with E-state index in [0.29, 0.717) is 10.6 Å². The molecule has 2 aromatic rings. The zero-order valence-electron chi connectivity index (χ0n) is 14.0. The predicted octanol–water partition coefficient (Wildman–Crippen LogP) is 3.78. The Labute approximate surface area is 150 Å². The highest BCUT2D eigenvalue weighted by atomic mass is 32.1. The van der Waals surface area contributed by atoms with Gasteiger partial charge in [-0.2, -0.15) is 5.26 Å². The van der Waals surface area contributed by atoms with E-state index < -0.39 is 18.3 Å². The Morgan fingerprint density at radius 2 is 1.96 bits per heavy atom. The van der Waals surface area contributed by atoms with Crippen molar-refractivity contribution in [2.45, 2.75) is 32.6 Å². The van der Waals surface area contributed by atoms with Crippen molar-refractivity contribution in [2.24, 2.45) is 0 Å². The zero-order chi connectivity index (χ0) is 18.2. The highest BCUT2D eigenvalue weighted by Crippen LogP contribution is 2.29. The normalized spacial score (nSPS) is 10.3. The third kappa shape index (κ3) is 4.53. The van der Waals surface area contributed by atoms with Crippen LogP contribution in [0, 0.1) is 11.3 Å². The number of nitrogens with one attached hydrogen (secondary N) is 1. The molecule has 1 heterocycles. The Morgan fingerprint density at radius 1 is 1.24 bits per heavy atom. The van der Waals surface area contributed by atoms with Crippen LogP contribution in [0.25, 0.3) is 0 Å². The van der Waals surface area contributed by atoms with E-state index in [1.807, 2.05) is 5.38 Å². The lowest BCUT2D eigenvalue weighted by Crippen LogP contribution is -2.17. The van der Waals surface area contributed by atoms with Gasteiger partial charge >= 0.3 is 0 Å². The van der Waals surface area contributed by atoms with Crippen molar-refractivity contribution in [1.29, 1.82) is 5.26 Å². The van der Waals surface area contributed by atoms with Gasteiger partial charge < -0.3 is 10.4 Å². The third-order valence-corrected chi connectivity index (χ3v) is 4.82. The number of aryl methyl sites for hydroxylation is 1. The molecule has 6 heteroatoms. The molecule has 2 N–H and O–H groups in total. The van der Waals surface area contributed by atoms with Crippen LogP contribution in [-0.4, -0.2) is 23.4 Å². The molecular weight excluding hydrogens is 336 g/mol. The molecule has 0 spiro atoms. The van der Waals surface area contributed by atoms with E-state index in [9.17, 15) is 14.9 Å². The van der Waals surface area contributed by atoms with Crippen LogP contribution in [0.1, 0.15) is 58.0 Å². The summed E-state index contributed by atoms with van der Waals surface area (Å²) >= 11 is 1.31. The highest BCUT2D eigenvalue weighted by molar-refractivity contribution is 7.14. The number of aliphatic hydroxyl groups is 1. The number of nitrogens with zero attached hydrogens (tertiary/aromatic N) is 1. The number of carbonyl (C=O) groups is 2. The van der Waals surface area contributed by atoms with Crippen molar-refractivity contribution in [2.75, 3.05) is 11.9 Å². The van der Waals surface area contributed by atoms with E-state index >= 15 is 0 Å². The average molecular weight is 356 g/mol. The molecule has 0 fully saturated rings. The Balaban J connectivity index is 2.22. The van der Waals surface area contributed by atoms with Crippen molar-refractivity contribution in [3.05, 3.63) is 51.9 Å². The summed E-state index contributed by atoms with van der Waals surface area (Å²) in [6.07, 6.45) is 4.01. The van der Waals surface area contributed by atoms with E-state index in [1.165, 1.54) is 23.5 Å². The van der Waals surface area contributed by atoms with Gasteiger partial charge in [-0.1, -0.05) is 38.0 Å². The molecule has 130 valence electrons. The summed E-state index contributed by atoms with van der Waals surface area (Å²) in [4.78, 5) is 24.3. The smallest absolute Gasteiger partial charge is 0.257 e. The second-order valence-electron chi connectivity index (χ2n) is 5.61. The predicted molar refractivity (Wildman–Crippen MR) is 98.1 cm³/mol. The van der Waals surface area contributed by atoms with Crippen LogP contribution in [0.5, 0.6) is 0 Å². The van der Waals surface area contributed by atoms with Gasteiger partial charge in [-0.15, -0.1) is 11.3 Å². The first kappa shape index (κ1) is 18.8. The SMILES string of the molecule is CCCCCc1csc(NC(=O)c2ccccc2C(=O)CO)c1C#N. The molecular formula is C19H20N2O3S. The second-order valence-corrected chi connectivity index (χ2v) is 6.49. The fraction of sp³-hybridized carbons (Fsp3) is 0.316. The molecule has 1 amide bonds. The van der Waals surface area contributed by atoms with E-state index in [1.54, 1.807) is 12.1 Å². The summed E-state index contributed by atoms with van der Waals surface area (Å²) in [6, 6.07) is 8.48. The van der Waals surface area contributed by atoms with Crippen molar-refractivity contribution >= 4 is 28.0 Å². The number of anilines is 1. The fourth-order valence-electron chi connectivity index (χ4n) is 2.54. The molecule has 0 aliphatic carbocycles. The summed E-state index contributed by atoms with van der Waals surface area (Å²) in [7, 11) is 0.